The van der Waals surface area contributed by atoms with Gasteiger partial charge in [-0.25, -0.2) is 0 Å². The molecule has 0 bridgehead atoms. The normalized spacial score (nSPS) is 30.3. The summed E-state index contributed by atoms with van der Waals surface area (Å²) in [7, 11) is 0. The molecular weight excluding hydrogens is 296 g/mol. The zero-order valence-electron chi connectivity index (χ0n) is 13.2. The Hall–Kier alpha value is -0.770. The third-order valence-corrected chi connectivity index (χ3v) is 5.70. The van der Waals surface area contributed by atoms with Gasteiger partial charge in [-0.05, 0) is 48.3 Å². The number of rotatable bonds is 3. The molecule has 1 aromatic rings. The van der Waals surface area contributed by atoms with Crippen molar-refractivity contribution in [2.24, 2.45) is 17.6 Å². The maximum absolute atomic E-state index is 6.31. The number of hydrogen-bond acceptors (Lipinski definition) is 3. The van der Waals surface area contributed by atoms with Gasteiger partial charge in [0.05, 0.1) is 6.61 Å². The van der Waals surface area contributed by atoms with Crippen LogP contribution < -0.4 is 10.5 Å². The van der Waals surface area contributed by atoms with Crippen LogP contribution in [0.2, 0.25) is 0 Å². The molecule has 1 saturated heterocycles. The molecule has 4 heteroatoms. The van der Waals surface area contributed by atoms with Crippen molar-refractivity contribution in [3.63, 3.8) is 0 Å². The van der Waals surface area contributed by atoms with Crippen molar-refractivity contribution in [3.05, 3.63) is 29.3 Å². The molecule has 4 rings (SSSR count). The Balaban J connectivity index is 0.00000144. The Morgan fingerprint density at radius 1 is 1.23 bits per heavy atom. The fourth-order valence-electron chi connectivity index (χ4n) is 4.47. The van der Waals surface area contributed by atoms with Crippen LogP contribution in [0.3, 0.4) is 0 Å². The lowest BCUT2D eigenvalue weighted by Crippen LogP contribution is -2.38. The summed E-state index contributed by atoms with van der Waals surface area (Å²) in [6.45, 7) is 4.53. The number of hydrogen-bond donors (Lipinski definition) is 1. The van der Waals surface area contributed by atoms with Crippen molar-refractivity contribution in [1.29, 1.82) is 0 Å². The standard InChI is InChI=1S/C18H26N2O.ClH/c19-17-3-1-2-15-11-20(12-16(15)17)8-6-13-4-5-18-14(10-13)7-9-21-18;/h4-5,10,15-17H,1-3,6-9,11-12,19H2;1H. The first-order valence-corrected chi connectivity index (χ1v) is 8.52. The number of benzene rings is 1. The van der Waals surface area contributed by atoms with E-state index in [0.717, 1.165) is 37.0 Å². The zero-order chi connectivity index (χ0) is 14.2. The van der Waals surface area contributed by atoms with Crippen molar-refractivity contribution in [1.82, 2.24) is 4.90 Å². The lowest BCUT2D eigenvalue weighted by atomic mass is 9.78. The monoisotopic (exact) mass is 322 g/mol. The van der Waals surface area contributed by atoms with Crippen LogP contribution in [0, 0.1) is 11.8 Å². The van der Waals surface area contributed by atoms with E-state index in [9.17, 15) is 0 Å². The minimum absolute atomic E-state index is 0. The summed E-state index contributed by atoms with van der Waals surface area (Å²) in [5.74, 6) is 2.71. The Kier molecular flexibility index (Phi) is 4.96. The van der Waals surface area contributed by atoms with Gasteiger partial charge in [-0.3, -0.25) is 0 Å². The van der Waals surface area contributed by atoms with E-state index < -0.39 is 0 Å². The highest BCUT2D eigenvalue weighted by atomic mass is 35.5. The Labute approximate surface area is 139 Å². The van der Waals surface area contributed by atoms with Crippen LogP contribution in [0.5, 0.6) is 5.75 Å². The predicted molar refractivity (Wildman–Crippen MR) is 91.8 cm³/mol. The van der Waals surface area contributed by atoms with Crippen molar-refractivity contribution < 1.29 is 4.74 Å². The Morgan fingerprint density at radius 3 is 3.00 bits per heavy atom. The van der Waals surface area contributed by atoms with Gasteiger partial charge in [0.25, 0.3) is 0 Å². The molecule has 3 aliphatic rings. The average molecular weight is 323 g/mol. The molecule has 0 aromatic heterocycles. The van der Waals surface area contributed by atoms with Crippen LogP contribution in [-0.2, 0) is 12.8 Å². The second-order valence-corrected chi connectivity index (χ2v) is 7.07. The number of halogens is 1. The zero-order valence-corrected chi connectivity index (χ0v) is 14.0. The maximum atomic E-state index is 6.31. The molecule has 2 heterocycles. The second kappa shape index (κ2) is 6.77. The summed E-state index contributed by atoms with van der Waals surface area (Å²) in [5, 5.41) is 0. The summed E-state index contributed by atoms with van der Waals surface area (Å²) in [6.07, 6.45) is 6.19. The first kappa shape index (κ1) is 16.1. The summed E-state index contributed by atoms with van der Waals surface area (Å²) < 4.78 is 5.58. The second-order valence-electron chi connectivity index (χ2n) is 7.07. The van der Waals surface area contributed by atoms with Crippen molar-refractivity contribution in [2.45, 2.75) is 38.1 Å². The third kappa shape index (κ3) is 3.12. The molecule has 1 aliphatic carbocycles. The smallest absolute Gasteiger partial charge is 0.122 e. The highest BCUT2D eigenvalue weighted by Gasteiger charge is 2.38. The molecule has 1 saturated carbocycles. The van der Waals surface area contributed by atoms with Gasteiger partial charge < -0.3 is 15.4 Å². The van der Waals surface area contributed by atoms with E-state index in [2.05, 4.69) is 23.1 Å². The molecular formula is C18H27ClN2O. The van der Waals surface area contributed by atoms with Crippen molar-refractivity contribution in [3.8, 4) is 5.75 Å². The topological polar surface area (TPSA) is 38.5 Å². The molecule has 0 amide bonds. The largest absolute Gasteiger partial charge is 0.493 e. The molecule has 22 heavy (non-hydrogen) atoms. The first-order valence-electron chi connectivity index (χ1n) is 8.52. The number of likely N-dealkylation sites (tertiary alicyclic amines) is 1. The summed E-state index contributed by atoms with van der Waals surface area (Å²) in [6, 6.07) is 7.18. The molecule has 3 unspecified atom stereocenters. The third-order valence-electron chi connectivity index (χ3n) is 5.70. The van der Waals surface area contributed by atoms with Crippen LogP contribution in [-0.4, -0.2) is 37.2 Å². The molecule has 0 spiro atoms. The van der Waals surface area contributed by atoms with Crippen LogP contribution in [0.15, 0.2) is 18.2 Å². The van der Waals surface area contributed by atoms with E-state index in [1.54, 1.807) is 0 Å². The van der Waals surface area contributed by atoms with E-state index in [4.69, 9.17) is 10.5 Å². The SMILES string of the molecule is Cl.NC1CCCC2CN(CCc3ccc4c(c3)CCO4)CC12. The summed E-state index contributed by atoms with van der Waals surface area (Å²) in [4.78, 5) is 2.64. The van der Waals surface area contributed by atoms with Gasteiger partial charge in [-0.2, -0.15) is 0 Å². The fraction of sp³-hybridized carbons (Fsp3) is 0.667. The van der Waals surface area contributed by atoms with Gasteiger partial charge in [-0.1, -0.05) is 18.6 Å². The predicted octanol–water partition coefficient (Wildman–Crippen LogP) is 2.65. The quantitative estimate of drug-likeness (QED) is 0.929. The minimum atomic E-state index is 0. The molecule has 1 aromatic carbocycles. The number of fused-ring (bicyclic) bond motifs is 2. The highest BCUT2D eigenvalue weighted by molar-refractivity contribution is 5.85. The molecule has 3 atom stereocenters. The molecule has 2 N–H and O–H groups in total. The number of ether oxygens (including phenoxy) is 1. The highest BCUT2D eigenvalue weighted by Crippen LogP contribution is 2.35. The van der Waals surface area contributed by atoms with Crippen LogP contribution in [0.4, 0.5) is 0 Å². The van der Waals surface area contributed by atoms with Crippen molar-refractivity contribution >= 4 is 12.4 Å². The number of nitrogens with two attached hydrogens (primary N) is 1. The van der Waals surface area contributed by atoms with Gasteiger partial charge in [0.15, 0.2) is 0 Å². The van der Waals surface area contributed by atoms with E-state index >= 15 is 0 Å². The van der Waals surface area contributed by atoms with Gasteiger partial charge in [0.1, 0.15) is 5.75 Å². The van der Waals surface area contributed by atoms with Gasteiger partial charge in [0, 0.05) is 32.1 Å². The lowest BCUT2D eigenvalue weighted by molar-refractivity contribution is 0.259. The van der Waals surface area contributed by atoms with E-state index in [0.29, 0.717) is 6.04 Å². The van der Waals surface area contributed by atoms with Crippen LogP contribution >= 0.6 is 12.4 Å². The van der Waals surface area contributed by atoms with E-state index in [1.807, 2.05) is 0 Å². The van der Waals surface area contributed by atoms with E-state index in [1.165, 1.54) is 50.0 Å². The molecule has 122 valence electrons. The van der Waals surface area contributed by atoms with Gasteiger partial charge in [-0.15, -0.1) is 12.4 Å². The number of nitrogens with zero attached hydrogens (tertiary/aromatic N) is 1. The first-order chi connectivity index (χ1) is 10.3. The summed E-state index contributed by atoms with van der Waals surface area (Å²) >= 11 is 0. The molecule has 2 fully saturated rings. The molecule has 2 aliphatic heterocycles. The Bertz CT molecular complexity index is 522. The molecule has 0 radical (unpaired) electrons. The summed E-state index contributed by atoms with van der Waals surface area (Å²) in [5.41, 5.74) is 9.16. The van der Waals surface area contributed by atoms with Crippen LogP contribution in [0.1, 0.15) is 30.4 Å². The fourth-order valence-corrected chi connectivity index (χ4v) is 4.47. The Morgan fingerprint density at radius 2 is 2.14 bits per heavy atom. The van der Waals surface area contributed by atoms with Gasteiger partial charge in [0.2, 0.25) is 0 Å². The average Bonchev–Trinajstić information content (AvgIpc) is 3.11. The van der Waals surface area contributed by atoms with Gasteiger partial charge >= 0.3 is 0 Å². The van der Waals surface area contributed by atoms with Crippen LogP contribution in [0.25, 0.3) is 0 Å². The minimum Gasteiger partial charge on any atom is -0.493 e. The van der Waals surface area contributed by atoms with Crippen molar-refractivity contribution in [2.75, 3.05) is 26.2 Å². The van der Waals surface area contributed by atoms with E-state index in [-0.39, 0.29) is 12.4 Å². The maximum Gasteiger partial charge on any atom is 0.122 e. The molecule has 3 nitrogen and oxygen atoms in total. The lowest BCUT2D eigenvalue weighted by Gasteiger charge is -2.29.